The minimum atomic E-state index is 0.289. The van der Waals surface area contributed by atoms with Gasteiger partial charge in [0.05, 0.1) is 13.2 Å². The Bertz CT molecular complexity index is 881. The van der Waals surface area contributed by atoms with Gasteiger partial charge in [0.2, 0.25) is 0 Å². The van der Waals surface area contributed by atoms with Gasteiger partial charge in [0, 0.05) is 44.5 Å². The van der Waals surface area contributed by atoms with E-state index in [4.69, 9.17) is 9.47 Å². The van der Waals surface area contributed by atoms with E-state index in [1.54, 1.807) is 7.11 Å². The minimum absolute atomic E-state index is 0.289. The predicted molar refractivity (Wildman–Crippen MR) is 131 cm³/mol. The minimum Gasteiger partial charge on any atom is -0.493 e. The molecule has 0 bridgehead atoms. The Kier molecular flexibility index (Phi) is 7.75. The maximum Gasteiger partial charge on any atom is 0.191 e. The molecule has 2 aromatic carbocycles. The van der Waals surface area contributed by atoms with Crippen molar-refractivity contribution in [2.75, 3.05) is 38.7 Å². The van der Waals surface area contributed by atoms with Gasteiger partial charge >= 0.3 is 0 Å². The topological polar surface area (TPSA) is 58.1 Å². The van der Waals surface area contributed by atoms with Crippen molar-refractivity contribution in [2.45, 2.75) is 44.8 Å². The van der Waals surface area contributed by atoms with E-state index in [0.29, 0.717) is 12.5 Å². The molecule has 1 aliphatic carbocycles. The molecule has 2 aromatic rings. The molecule has 1 heterocycles. The normalized spacial score (nSPS) is 19.2. The second-order valence-electron chi connectivity index (χ2n) is 8.72. The fourth-order valence-corrected chi connectivity index (χ4v) is 4.68. The number of rotatable bonds is 8. The molecule has 0 spiro atoms. The molecular weight excluding hydrogens is 400 g/mol. The number of nitrogens with one attached hydrogen (secondary N) is 2. The number of nitrogens with zero attached hydrogens (tertiary/aromatic N) is 2. The predicted octanol–water partition coefficient (Wildman–Crippen LogP) is 4.21. The third-order valence-electron chi connectivity index (χ3n) is 6.50. The highest BCUT2D eigenvalue weighted by molar-refractivity contribution is 5.79. The van der Waals surface area contributed by atoms with E-state index in [-0.39, 0.29) is 6.10 Å². The monoisotopic (exact) mass is 436 g/mol. The van der Waals surface area contributed by atoms with Gasteiger partial charge in [-0.2, -0.15) is 0 Å². The largest absolute Gasteiger partial charge is 0.493 e. The van der Waals surface area contributed by atoms with Gasteiger partial charge in [0.1, 0.15) is 0 Å². The van der Waals surface area contributed by atoms with E-state index in [1.165, 1.54) is 24.9 Å². The van der Waals surface area contributed by atoms with Gasteiger partial charge in [0.25, 0.3) is 0 Å². The number of hydrogen-bond donors (Lipinski definition) is 2. The third kappa shape index (κ3) is 5.67. The summed E-state index contributed by atoms with van der Waals surface area (Å²) >= 11 is 0. The van der Waals surface area contributed by atoms with E-state index in [1.807, 2.05) is 19.2 Å². The average molecular weight is 437 g/mol. The number of benzene rings is 2. The lowest BCUT2D eigenvalue weighted by molar-refractivity contribution is 0.198. The Labute approximate surface area is 192 Å². The maximum absolute atomic E-state index is 6.36. The molecule has 172 valence electrons. The summed E-state index contributed by atoms with van der Waals surface area (Å²) in [7, 11) is 3.52. The summed E-state index contributed by atoms with van der Waals surface area (Å²) in [5.74, 6) is 3.08. The molecule has 0 amide bonds. The van der Waals surface area contributed by atoms with Crippen molar-refractivity contribution in [3.8, 4) is 11.5 Å². The summed E-state index contributed by atoms with van der Waals surface area (Å²) in [6.07, 6.45) is 6.20. The number of para-hydroxylation sites is 2. The summed E-state index contributed by atoms with van der Waals surface area (Å²) in [6.45, 7) is 3.73. The smallest absolute Gasteiger partial charge is 0.191 e. The molecule has 2 N–H and O–H groups in total. The Balaban J connectivity index is 1.30. The molecule has 1 aliphatic heterocycles. The van der Waals surface area contributed by atoms with Gasteiger partial charge in [-0.3, -0.25) is 4.99 Å². The van der Waals surface area contributed by atoms with Crippen molar-refractivity contribution in [3.63, 3.8) is 0 Å². The molecule has 6 nitrogen and oxygen atoms in total. The van der Waals surface area contributed by atoms with Crippen LogP contribution in [0.25, 0.3) is 0 Å². The Morgan fingerprint density at radius 1 is 1.03 bits per heavy atom. The molecule has 1 unspecified atom stereocenters. The molecular formula is C26H36N4O2. The number of methoxy groups -OCH3 is 1. The number of anilines is 1. The lowest BCUT2D eigenvalue weighted by Crippen LogP contribution is -2.40. The van der Waals surface area contributed by atoms with Crippen LogP contribution in [0, 0.1) is 5.92 Å². The highest BCUT2D eigenvalue weighted by atomic mass is 16.5. The average Bonchev–Trinajstić information content (AvgIpc) is 3.53. The van der Waals surface area contributed by atoms with E-state index in [2.05, 4.69) is 56.9 Å². The van der Waals surface area contributed by atoms with Gasteiger partial charge < -0.3 is 25.0 Å². The first-order valence-corrected chi connectivity index (χ1v) is 11.8. The first kappa shape index (κ1) is 22.3. The lowest BCUT2D eigenvalue weighted by Gasteiger charge is -2.21. The van der Waals surface area contributed by atoms with Crippen molar-refractivity contribution in [1.82, 2.24) is 10.6 Å². The van der Waals surface area contributed by atoms with Crippen LogP contribution in [0.4, 0.5) is 5.69 Å². The van der Waals surface area contributed by atoms with Gasteiger partial charge in [-0.1, -0.05) is 30.3 Å². The van der Waals surface area contributed by atoms with Gasteiger partial charge in [-0.05, 0) is 56.2 Å². The molecule has 4 rings (SSSR count). The third-order valence-corrected chi connectivity index (χ3v) is 6.50. The Morgan fingerprint density at radius 2 is 1.84 bits per heavy atom. The summed E-state index contributed by atoms with van der Waals surface area (Å²) < 4.78 is 11.9. The van der Waals surface area contributed by atoms with Crippen molar-refractivity contribution in [2.24, 2.45) is 10.9 Å². The molecule has 1 atom stereocenters. The van der Waals surface area contributed by atoms with E-state index >= 15 is 0 Å². The van der Waals surface area contributed by atoms with Crippen LogP contribution < -0.4 is 25.0 Å². The molecule has 1 saturated heterocycles. The van der Waals surface area contributed by atoms with Gasteiger partial charge in [-0.15, -0.1) is 0 Å². The zero-order chi connectivity index (χ0) is 22.2. The van der Waals surface area contributed by atoms with E-state index in [9.17, 15) is 0 Å². The standard InChI is InChI=1S/C26H36N4O2/c1-27-26(28-17-20-15-16-30(19-20)22-10-4-3-5-11-22)29-18-21-9-8-14-24(31-2)25(21)32-23-12-6-7-13-23/h3-5,8-11,14,20,23H,6-7,12-13,15-19H2,1-2H3,(H2,27,28,29). The lowest BCUT2D eigenvalue weighted by atomic mass is 10.1. The molecule has 2 aliphatic rings. The quantitative estimate of drug-likeness (QED) is 0.480. The first-order chi connectivity index (χ1) is 15.8. The highest BCUT2D eigenvalue weighted by Gasteiger charge is 2.23. The zero-order valence-electron chi connectivity index (χ0n) is 19.3. The van der Waals surface area contributed by atoms with Crippen LogP contribution in [-0.4, -0.2) is 45.9 Å². The van der Waals surface area contributed by atoms with E-state index < -0.39 is 0 Å². The van der Waals surface area contributed by atoms with Crippen LogP contribution in [0.1, 0.15) is 37.7 Å². The first-order valence-electron chi connectivity index (χ1n) is 11.8. The van der Waals surface area contributed by atoms with Crippen molar-refractivity contribution >= 4 is 11.6 Å². The van der Waals surface area contributed by atoms with Crippen LogP contribution in [0.5, 0.6) is 11.5 Å². The highest BCUT2D eigenvalue weighted by Crippen LogP contribution is 2.34. The molecule has 32 heavy (non-hydrogen) atoms. The summed E-state index contributed by atoms with van der Waals surface area (Å²) in [4.78, 5) is 6.89. The van der Waals surface area contributed by atoms with Crippen LogP contribution in [-0.2, 0) is 6.54 Å². The molecule has 2 fully saturated rings. The summed E-state index contributed by atoms with van der Waals surface area (Å²) in [5, 5.41) is 6.97. The van der Waals surface area contributed by atoms with E-state index in [0.717, 1.165) is 55.5 Å². The van der Waals surface area contributed by atoms with Gasteiger partial charge in [-0.25, -0.2) is 0 Å². The van der Waals surface area contributed by atoms with Crippen molar-refractivity contribution in [1.29, 1.82) is 0 Å². The maximum atomic E-state index is 6.36. The number of ether oxygens (including phenoxy) is 2. The van der Waals surface area contributed by atoms with Crippen LogP contribution in [0.15, 0.2) is 53.5 Å². The zero-order valence-corrected chi connectivity index (χ0v) is 19.3. The van der Waals surface area contributed by atoms with Crippen molar-refractivity contribution in [3.05, 3.63) is 54.1 Å². The summed E-state index contributed by atoms with van der Waals surface area (Å²) in [6, 6.07) is 16.8. The van der Waals surface area contributed by atoms with Gasteiger partial charge in [0.15, 0.2) is 17.5 Å². The van der Waals surface area contributed by atoms with Crippen LogP contribution in [0.3, 0.4) is 0 Å². The molecule has 0 aromatic heterocycles. The number of hydrogen-bond acceptors (Lipinski definition) is 4. The number of guanidine groups is 1. The fourth-order valence-electron chi connectivity index (χ4n) is 4.68. The summed E-state index contributed by atoms with van der Waals surface area (Å²) in [5.41, 5.74) is 2.40. The van der Waals surface area contributed by atoms with Crippen molar-refractivity contribution < 1.29 is 9.47 Å². The second kappa shape index (κ2) is 11.1. The fraction of sp³-hybridized carbons (Fsp3) is 0.500. The molecule has 1 saturated carbocycles. The Hall–Kier alpha value is -2.89. The molecule has 0 radical (unpaired) electrons. The number of aliphatic imine (C=N–C) groups is 1. The Morgan fingerprint density at radius 3 is 2.59 bits per heavy atom. The second-order valence-corrected chi connectivity index (χ2v) is 8.72. The van der Waals surface area contributed by atoms with Crippen LogP contribution in [0.2, 0.25) is 0 Å². The molecule has 6 heteroatoms. The SMILES string of the molecule is CN=C(NCc1cccc(OC)c1OC1CCCC1)NCC1CCN(c2ccccc2)C1. The van der Waals surface area contributed by atoms with Crippen LogP contribution >= 0.6 is 0 Å².